The standard InChI is InChI=1S/C14H14FN3O3S/c1-9(12-4-2-3-7-17-12)18-14(19)10-5-6-11(15)13(8-10)22(16,20)21/h2-9H,1H3,(H,18,19)(H2,16,20,21)/t9-/m1/s1. The minimum atomic E-state index is -4.24. The van der Waals surface area contributed by atoms with Gasteiger partial charge in [0.1, 0.15) is 10.7 Å². The lowest BCUT2D eigenvalue weighted by Gasteiger charge is -2.13. The van der Waals surface area contributed by atoms with Crippen molar-refractivity contribution in [1.29, 1.82) is 0 Å². The number of pyridine rings is 1. The number of rotatable bonds is 4. The van der Waals surface area contributed by atoms with Crippen LogP contribution in [0.15, 0.2) is 47.5 Å². The van der Waals surface area contributed by atoms with Crippen LogP contribution in [-0.2, 0) is 10.0 Å². The van der Waals surface area contributed by atoms with Crippen LogP contribution in [0.2, 0.25) is 0 Å². The van der Waals surface area contributed by atoms with Crippen LogP contribution in [0.25, 0.3) is 0 Å². The zero-order valence-corrected chi connectivity index (χ0v) is 12.5. The van der Waals surface area contributed by atoms with E-state index in [9.17, 15) is 17.6 Å². The van der Waals surface area contributed by atoms with Gasteiger partial charge in [0.2, 0.25) is 10.0 Å². The molecule has 1 aromatic carbocycles. The van der Waals surface area contributed by atoms with Gasteiger partial charge in [-0.1, -0.05) is 6.07 Å². The van der Waals surface area contributed by atoms with Crippen molar-refractivity contribution in [3.8, 4) is 0 Å². The second-order valence-electron chi connectivity index (χ2n) is 4.64. The third-order valence-corrected chi connectivity index (χ3v) is 3.90. The Hall–Kier alpha value is -2.32. The van der Waals surface area contributed by atoms with E-state index in [4.69, 9.17) is 5.14 Å². The summed E-state index contributed by atoms with van der Waals surface area (Å²) in [5.41, 5.74) is 0.637. The van der Waals surface area contributed by atoms with Crippen LogP contribution in [0.1, 0.15) is 29.0 Å². The fraction of sp³-hybridized carbons (Fsp3) is 0.143. The third kappa shape index (κ3) is 3.66. The van der Waals surface area contributed by atoms with Gasteiger partial charge in [0.25, 0.3) is 5.91 Å². The van der Waals surface area contributed by atoms with Crippen molar-refractivity contribution >= 4 is 15.9 Å². The fourth-order valence-corrected chi connectivity index (χ4v) is 2.48. The topological polar surface area (TPSA) is 102 Å². The molecule has 0 aliphatic rings. The highest BCUT2D eigenvalue weighted by Gasteiger charge is 2.18. The first kappa shape index (κ1) is 16.1. The molecule has 22 heavy (non-hydrogen) atoms. The van der Waals surface area contributed by atoms with E-state index in [1.807, 2.05) is 0 Å². The molecule has 3 N–H and O–H groups in total. The quantitative estimate of drug-likeness (QED) is 0.886. The van der Waals surface area contributed by atoms with E-state index < -0.39 is 32.7 Å². The van der Waals surface area contributed by atoms with E-state index in [-0.39, 0.29) is 5.56 Å². The van der Waals surface area contributed by atoms with Crippen molar-refractivity contribution in [2.45, 2.75) is 17.9 Å². The van der Waals surface area contributed by atoms with Crippen LogP contribution in [0, 0.1) is 5.82 Å². The Labute approximate surface area is 127 Å². The number of sulfonamides is 1. The molecule has 0 saturated heterocycles. The Balaban J connectivity index is 2.24. The molecule has 1 aromatic heterocycles. The second-order valence-corrected chi connectivity index (χ2v) is 6.17. The highest BCUT2D eigenvalue weighted by atomic mass is 32.2. The monoisotopic (exact) mass is 323 g/mol. The normalized spacial score (nSPS) is 12.7. The van der Waals surface area contributed by atoms with E-state index in [1.54, 1.807) is 31.3 Å². The van der Waals surface area contributed by atoms with Crippen LogP contribution in [0.3, 0.4) is 0 Å². The maximum Gasteiger partial charge on any atom is 0.251 e. The van der Waals surface area contributed by atoms with Crippen molar-refractivity contribution in [1.82, 2.24) is 10.3 Å². The van der Waals surface area contributed by atoms with Gasteiger partial charge in [-0.3, -0.25) is 9.78 Å². The van der Waals surface area contributed by atoms with Crippen LogP contribution in [-0.4, -0.2) is 19.3 Å². The van der Waals surface area contributed by atoms with Gasteiger partial charge in [0.05, 0.1) is 11.7 Å². The Bertz CT molecular complexity index is 794. The Morgan fingerprint density at radius 2 is 2.05 bits per heavy atom. The Morgan fingerprint density at radius 3 is 2.64 bits per heavy atom. The largest absolute Gasteiger partial charge is 0.344 e. The van der Waals surface area contributed by atoms with Gasteiger partial charge in [-0.15, -0.1) is 0 Å². The van der Waals surface area contributed by atoms with E-state index in [1.165, 1.54) is 6.07 Å². The molecular weight excluding hydrogens is 309 g/mol. The van der Waals surface area contributed by atoms with Crippen molar-refractivity contribution < 1.29 is 17.6 Å². The molecule has 0 saturated carbocycles. The van der Waals surface area contributed by atoms with E-state index >= 15 is 0 Å². The Kier molecular flexibility index (Phi) is 4.53. The molecule has 0 aliphatic heterocycles. The number of carbonyl (C=O) groups is 1. The van der Waals surface area contributed by atoms with Gasteiger partial charge >= 0.3 is 0 Å². The predicted octanol–water partition coefficient (Wildman–Crippen LogP) is 1.36. The number of hydrogen-bond acceptors (Lipinski definition) is 4. The lowest BCUT2D eigenvalue weighted by molar-refractivity contribution is 0.0939. The first-order valence-electron chi connectivity index (χ1n) is 6.33. The molecule has 6 nitrogen and oxygen atoms in total. The summed E-state index contributed by atoms with van der Waals surface area (Å²) in [5, 5.41) is 7.56. The van der Waals surface area contributed by atoms with Crippen molar-refractivity contribution in [3.63, 3.8) is 0 Å². The molecule has 1 heterocycles. The first-order chi connectivity index (χ1) is 10.3. The smallest absolute Gasteiger partial charge is 0.251 e. The van der Waals surface area contributed by atoms with Gasteiger partial charge < -0.3 is 5.32 Å². The summed E-state index contributed by atoms with van der Waals surface area (Å²) in [6, 6.07) is 7.86. The third-order valence-electron chi connectivity index (χ3n) is 2.98. The highest BCUT2D eigenvalue weighted by Crippen LogP contribution is 2.16. The zero-order valence-electron chi connectivity index (χ0n) is 11.7. The number of nitrogens with two attached hydrogens (primary N) is 1. The maximum absolute atomic E-state index is 13.5. The molecule has 116 valence electrons. The average Bonchev–Trinajstić information content (AvgIpc) is 2.47. The molecule has 0 fully saturated rings. The second kappa shape index (κ2) is 6.20. The summed E-state index contributed by atoms with van der Waals surface area (Å²) in [4.78, 5) is 15.5. The first-order valence-corrected chi connectivity index (χ1v) is 7.88. The van der Waals surface area contributed by atoms with Gasteiger partial charge in [-0.25, -0.2) is 17.9 Å². The van der Waals surface area contributed by atoms with Crippen LogP contribution < -0.4 is 10.5 Å². The molecule has 0 aliphatic carbocycles. The summed E-state index contributed by atoms with van der Waals surface area (Å²) in [6.45, 7) is 1.73. The van der Waals surface area contributed by atoms with Gasteiger partial charge in [-0.05, 0) is 37.3 Å². The molecule has 1 amide bonds. The molecule has 0 radical (unpaired) electrons. The van der Waals surface area contributed by atoms with E-state index in [0.717, 1.165) is 12.1 Å². The number of nitrogens with zero attached hydrogens (tertiary/aromatic N) is 1. The summed E-state index contributed by atoms with van der Waals surface area (Å²) < 4.78 is 36.0. The number of nitrogens with one attached hydrogen (secondary N) is 1. The lowest BCUT2D eigenvalue weighted by Crippen LogP contribution is -2.27. The maximum atomic E-state index is 13.5. The number of halogens is 1. The number of hydrogen-bond donors (Lipinski definition) is 2. The Morgan fingerprint density at radius 1 is 1.32 bits per heavy atom. The van der Waals surface area contributed by atoms with E-state index in [2.05, 4.69) is 10.3 Å². The fourth-order valence-electron chi connectivity index (χ4n) is 1.85. The molecule has 2 rings (SSSR count). The number of primary sulfonamides is 1. The summed E-state index contributed by atoms with van der Waals surface area (Å²) in [5.74, 6) is -1.56. The molecule has 0 unspecified atom stereocenters. The molecule has 0 bridgehead atoms. The highest BCUT2D eigenvalue weighted by molar-refractivity contribution is 7.89. The molecule has 8 heteroatoms. The van der Waals surface area contributed by atoms with Crippen molar-refractivity contribution in [2.24, 2.45) is 5.14 Å². The van der Waals surface area contributed by atoms with Gasteiger partial charge in [-0.2, -0.15) is 0 Å². The van der Waals surface area contributed by atoms with Crippen molar-refractivity contribution in [2.75, 3.05) is 0 Å². The zero-order chi connectivity index (χ0) is 16.3. The van der Waals surface area contributed by atoms with Gasteiger partial charge in [0, 0.05) is 11.8 Å². The predicted molar refractivity (Wildman–Crippen MR) is 77.9 cm³/mol. The summed E-state index contributed by atoms with van der Waals surface area (Å²) >= 11 is 0. The number of amides is 1. The number of aromatic nitrogens is 1. The SMILES string of the molecule is C[C@@H](NC(=O)c1ccc(F)c(S(N)(=O)=O)c1)c1ccccn1. The average molecular weight is 323 g/mol. The van der Waals surface area contributed by atoms with Crippen LogP contribution in [0.4, 0.5) is 4.39 Å². The minimum absolute atomic E-state index is 0.00629. The lowest BCUT2D eigenvalue weighted by atomic mass is 10.1. The molecule has 1 atom stereocenters. The van der Waals surface area contributed by atoms with E-state index in [0.29, 0.717) is 5.69 Å². The minimum Gasteiger partial charge on any atom is -0.344 e. The molecule has 0 spiro atoms. The van der Waals surface area contributed by atoms with Crippen molar-refractivity contribution in [3.05, 3.63) is 59.7 Å². The number of benzene rings is 1. The summed E-state index contributed by atoms with van der Waals surface area (Å²) in [6.07, 6.45) is 1.59. The van der Waals surface area contributed by atoms with Gasteiger partial charge in [0.15, 0.2) is 0 Å². The van der Waals surface area contributed by atoms with Crippen LogP contribution in [0.5, 0.6) is 0 Å². The summed E-state index contributed by atoms with van der Waals surface area (Å²) in [7, 11) is -4.24. The number of carbonyl (C=O) groups excluding carboxylic acids is 1. The molecular formula is C14H14FN3O3S. The molecule has 2 aromatic rings. The van der Waals surface area contributed by atoms with Crippen LogP contribution >= 0.6 is 0 Å².